The third-order valence-corrected chi connectivity index (χ3v) is 0.800. The molecule has 0 aliphatic carbocycles. The van der Waals surface area contributed by atoms with Crippen molar-refractivity contribution in [1.29, 1.82) is 0 Å². The molecule has 0 saturated carbocycles. The van der Waals surface area contributed by atoms with Gasteiger partial charge in [-0.3, -0.25) is 4.79 Å². The van der Waals surface area contributed by atoms with Crippen LogP contribution in [0.2, 0.25) is 0 Å². The van der Waals surface area contributed by atoms with Gasteiger partial charge in [-0.2, -0.15) is 0 Å². The second-order valence-electron chi connectivity index (χ2n) is 1.82. The van der Waals surface area contributed by atoms with Crippen LogP contribution in [0.4, 0.5) is 0 Å². The lowest BCUT2D eigenvalue weighted by atomic mass is 10.1. The van der Waals surface area contributed by atoms with E-state index in [2.05, 4.69) is 6.58 Å². The molecule has 0 rings (SSSR count). The van der Waals surface area contributed by atoms with Crippen molar-refractivity contribution in [2.24, 2.45) is 0 Å². The Morgan fingerprint density at radius 1 is 1.75 bits per heavy atom. The van der Waals surface area contributed by atoms with E-state index in [1.165, 1.54) is 6.92 Å². The number of hydrogen-bond acceptors (Lipinski definition) is 2. The minimum Gasteiger partial charge on any atom is -0.385 e. The lowest BCUT2D eigenvalue weighted by Crippen LogP contribution is -2.15. The van der Waals surface area contributed by atoms with Gasteiger partial charge in [0.2, 0.25) is 0 Å². The zero-order valence-electron chi connectivity index (χ0n) is 5.14. The van der Waals surface area contributed by atoms with Crippen molar-refractivity contribution in [3.63, 3.8) is 0 Å². The van der Waals surface area contributed by atoms with Gasteiger partial charge in [0.1, 0.15) is 6.10 Å². The van der Waals surface area contributed by atoms with Gasteiger partial charge < -0.3 is 5.11 Å². The van der Waals surface area contributed by atoms with E-state index < -0.39 is 6.10 Å². The molecule has 0 aliphatic rings. The van der Waals surface area contributed by atoms with Crippen LogP contribution >= 0.6 is 0 Å². The first-order valence-corrected chi connectivity index (χ1v) is 2.43. The average molecular weight is 114 g/mol. The van der Waals surface area contributed by atoms with E-state index >= 15 is 0 Å². The maximum atomic E-state index is 10.5. The molecule has 0 heterocycles. The number of aliphatic hydroxyl groups is 1. The van der Waals surface area contributed by atoms with Crippen LogP contribution in [0.5, 0.6) is 0 Å². The summed E-state index contributed by atoms with van der Waals surface area (Å²) in [5.41, 5.74) is 0.403. The summed E-state index contributed by atoms with van der Waals surface area (Å²) in [5, 5.41) is 8.58. The van der Waals surface area contributed by atoms with Crippen LogP contribution in [0, 0.1) is 0 Å². The van der Waals surface area contributed by atoms with Gasteiger partial charge in [0.25, 0.3) is 0 Å². The number of ketones is 1. The van der Waals surface area contributed by atoms with Crippen LogP contribution in [0.1, 0.15) is 13.8 Å². The van der Waals surface area contributed by atoms with E-state index in [-0.39, 0.29) is 5.78 Å². The lowest BCUT2D eigenvalue weighted by Gasteiger charge is -1.98. The van der Waals surface area contributed by atoms with Gasteiger partial charge in [0.15, 0.2) is 5.78 Å². The summed E-state index contributed by atoms with van der Waals surface area (Å²) in [5.74, 6) is -0.287. The molecular formula is C6H10O2. The van der Waals surface area contributed by atoms with Crippen LogP contribution in [0.25, 0.3) is 0 Å². The molecular weight excluding hydrogens is 104 g/mol. The molecule has 0 saturated heterocycles. The standard InChI is InChI=1S/C6H10O2/c1-4(2)6(8)5(3)7/h5,7H,1H2,2-3H3/t5-/m1/s1. The van der Waals surface area contributed by atoms with Crippen molar-refractivity contribution in [2.45, 2.75) is 20.0 Å². The fourth-order valence-electron chi connectivity index (χ4n) is 0.357. The van der Waals surface area contributed by atoms with E-state index in [0.29, 0.717) is 5.57 Å². The lowest BCUT2D eigenvalue weighted by molar-refractivity contribution is -0.122. The van der Waals surface area contributed by atoms with Gasteiger partial charge in [0, 0.05) is 0 Å². The summed E-state index contributed by atoms with van der Waals surface area (Å²) in [6, 6.07) is 0. The van der Waals surface area contributed by atoms with Crippen LogP contribution in [-0.2, 0) is 4.79 Å². The highest BCUT2D eigenvalue weighted by Crippen LogP contribution is 1.93. The van der Waals surface area contributed by atoms with Crippen LogP contribution in [0.3, 0.4) is 0 Å². The zero-order chi connectivity index (χ0) is 6.73. The molecule has 0 bridgehead atoms. The molecule has 46 valence electrons. The molecule has 1 atom stereocenters. The largest absolute Gasteiger partial charge is 0.385 e. The Morgan fingerprint density at radius 2 is 2.12 bits per heavy atom. The van der Waals surface area contributed by atoms with Gasteiger partial charge in [-0.05, 0) is 19.4 Å². The molecule has 0 fully saturated rings. The average Bonchev–Trinajstić information content (AvgIpc) is 1.64. The highest BCUT2D eigenvalue weighted by molar-refractivity contribution is 5.97. The monoisotopic (exact) mass is 114 g/mol. The zero-order valence-corrected chi connectivity index (χ0v) is 5.14. The van der Waals surface area contributed by atoms with Gasteiger partial charge in [-0.1, -0.05) is 6.58 Å². The van der Waals surface area contributed by atoms with Crippen molar-refractivity contribution in [2.75, 3.05) is 0 Å². The van der Waals surface area contributed by atoms with Crippen molar-refractivity contribution in [3.8, 4) is 0 Å². The van der Waals surface area contributed by atoms with Crippen LogP contribution in [-0.4, -0.2) is 17.0 Å². The first-order chi connectivity index (χ1) is 3.55. The third-order valence-electron chi connectivity index (χ3n) is 0.800. The second kappa shape index (κ2) is 2.62. The maximum absolute atomic E-state index is 10.5. The topological polar surface area (TPSA) is 37.3 Å². The number of hydrogen-bond donors (Lipinski definition) is 1. The molecule has 0 unspecified atom stereocenters. The molecule has 8 heavy (non-hydrogen) atoms. The number of aliphatic hydroxyl groups excluding tert-OH is 1. The van der Waals surface area contributed by atoms with E-state index in [1.54, 1.807) is 6.92 Å². The normalized spacial score (nSPS) is 12.9. The second-order valence-corrected chi connectivity index (χ2v) is 1.82. The summed E-state index contributed by atoms with van der Waals surface area (Å²) in [7, 11) is 0. The summed E-state index contributed by atoms with van der Waals surface area (Å²) in [6.45, 7) is 6.37. The smallest absolute Gasteiger partial charge is 0.186 e. The summed E-state index contributed by atoms with van der Waals surface area (Å²) < 4.78 is 0. The Labute approximate surface area is 48.8 Å². The molecule has 0 spiro atoms. The molecule has 0 aromatic heterocycles. The van der Waals surface area contributed by atoms with Crippen LogP contribution in [0.15, 0.2) is 12.2 Å². The molecule has 0 radical (unpaired) electrons. The van der Waals surface area contributed by atoms with Crippen molar-refractivity contribution in [3.05, 3.63) is 12.2 Å². The van der Waals surface area contributed by atoms with Crippen molar-refractivity contribution < 1.29 is 9.90 Å². The number of Topliss-reactive ketones (excluding diaryl/α,β-unsaturated/α-hetero) is 1. The minimum absolute atomic E-state index is 0.287. The van der Waals surface area contributed by atoms with Crippen molar-refractivity contribution in [1.82, 2.24) is 0 Å². The van der Waals surface area contributed by atoms with Crippen LogP contribution < -0.4 is 0 Å². The predicted octanol–water partition coefficient (Wildman–Crippen LogP) is 0.512. The summed E-state index contributed by atoms with van der Waals surface area (Å²) >= 11 is 0. The van der Waals surface area contributed by atoms with E-state index in [4.69, 9.17) is 5.11 Å². The predicted molar refractivity (Wildman–Crippen MR) is 31.5 cm³/mol. The first-order valence-electron chi connectivity index (χ1n) is 2.43. The fourth-order valence-corrected chi connectivity index (χ4v) is 0.357. The van der Waals surface area contributed by atoms with Gasteiger partial charge in [-0.25, -0.2) is 0 Å². The third kappa shape index (κ3) is 1.89. The Bertz CT molecular complexity index is 114. The summed E-state index contributed by atoms with van der Waals surface area (Å²) in [6.07, 6.45) is -0.896. The molecule has 0 aromatic carbocycles. The van der Waals surface area contributed by atoms with E-state index in [1.807, 2.05) is 0 Å². The molecule has 0 aliphatic heterocycles. The quantitative estimate of drug-likeness (QED) is 0.531. The Hall–Kier alpha value is -0.630. The van der Waals surface area contributed by atoms with Gasteiger partial charge in [0.05, 0.1) is 0 Å². The van der Waals surface area contributed by atoms with E-state index in [0.717, 1.165) is 0 Å². The number of carbonyl (C=O) groups excluding carboxylic acids is 1. The highest BCUT2D eigenvalue weighted by atomic mass is 16.3. The fraction of sp³-hybridized carbons (Fsp3) is 0.500. The van der Waals surface area contributed by atoms with Crippen molar-refractivity contribution >= 4 is 5.78 Å². The molecule has 0 aromatic rings. The number of rotatable bonds is 2. The van der Waals surface area contributed by atoms with E-state index in [9.17, 15) is 4.79 Å². The first kappa shape index (κ1) is 7.37. The van der Waals surface area contributed by atoms with Gasteiger partial charge >= 0.3 is 0 Å². The molecule has 0 amide bonds. The molecule has 2 nitrogen and oxygen atoms in total. The Kier molecular flexibility index (Phi) is 2.42. The SMILES string of the molecule is C=C(C)C(=O)[C@@H](C)O. The maximum Gasteiger partial charge on any atom is 0.186 e. The summed E-state index contributed by atoms with van der Waals surface area (Å²) in [4.78, 5) is 10.5. The Morgan fingerprint density at radius 3 is 2.12 bits per heavy atom. The molecule has 1 N–H and O–H groups in total. The van der Waals surface area contributed by atoms with Gasteiger partial charge in [-0.15, -0.1) is 0 Å². The highest BCUT2D eigenvalue weighted by Gasteiger charge is 2.07. The minimum atomic E-state index is -0.896. The molecule has 2 heteroatoms. The number of carbonyl (C=O) groups is 1. The Balaban J connectivity index is 3.84.